The third kappa shape index (κ3) is 2.12. The van der Waals surface area contributed by atoms with Crippen molar-refractivity contribution in [3.8, 4) is 0 Å². The van der Waals surface area contributed by atoms with Gasteiger partial charge in [-0.25, -0.2) is 9.97 Å². The van der Waals surface area contributed by atoms with Crippen molar-refractivity contribution in [1.29, 1.82) is 0 Å². The largest absolute Gasteiger partial charge is 0.394 e. The fraction of sp³-hybridized carbons (Fsp3) is 0.545. The Balaban J connectivity index is 2.07. The van der Waals surface area contributed by atoms with Gasteiger partial charge in [-0.2, -0.15) is 4.98 Å². The molecular formula is C11H15N5O3S. The van der Waals surface area contributed by atoms with Crippen molar-refractivity contribution in [3.63, 3.8) is 0 Å². The first-order chi connectivity index (χ1) is 9.63. The summed E-state index contributed by atoms with van der Waals surface area (Å²) in [6.07, 6.45) is 2.07. The molecule has 0 radical (unpaired) electrons. The van der Waals surface area contributed by atoms with Gasteiger partial charge in [0, 0.05) is 6.42 Å². The van der Waals surface area contributed by atoms with Gasteiger partial charge in [0.05, 0.1) is 19.0 Å². The number of aromatic nitrogens is 4. The van der Waals surface area contributed by atoms with Crippen LogP contribution in [-0.4, -0.2) is 54.8 Å². The molecule has 3 atom stereocenters. The highest BCUT2D eigenvalue weighted by Gasteiger charge is 2.36. The van der Waals surface area contributed by atoms with E-state index in [-0.39, 0.29) is 18.7 Å². The summed E-state index contributed by atoms with van der Waals surface area (Å²) >= 11 is 1.42. The lowest BCUT2D eigenvalue weighted by molar-refractivity contribution is -0.0486. The summed E-state index contributed by atoms with van der Waals surface area (Å²) in [5.41, 5.74) is 6.83. The molecule has 2 aromatic heterocycles. The summed E-state index contributed by atoms with van der Waals surface area (Å²) in [5.74, 6) is 0.148. The highest BCUT2D eigenvalue weighted by molar-refractivity contribution is 7.98. The van der Waals surface area contributed by atoms with E-state index in [1.54, 1.807) is 10.9 Å². The van der Waals surface area contributed by atoms with Crippen LogP contribution in [0.25, 0.3) is 11.2 Å². The number of fused-ring (bicyclic) bond motifs is 1. The van der Waals surface area contributed by atoms with Crippen LogP contribution in [0.4, 0.5) is 5.95 Å². The van der Waals surface area contributed by atoms with Gasteiger partial charge in [-0.05, 0) is 6.26 Å². The molecular weight excluding hydrogens is 282 g/mol. The maximum atomic E-state index is 10.1. The van der Waals surface area contributed by atoms with E-state index in [9.17, 15) is 5.11 Å². The van der Waals surface area contributed by atoms with Gasteiger partial charge in [0.15, 0.2) is 11.9 Å². The van der Waals surface area contributed by atoms with Crippen molar-refractivity contribution < 1.29 is 14.9 Å². The van der Waals surface area contributed by atoms with Crippen molar-refractivity contribution in [3.05, 3.63) is 6.33 Å². The molecule has 2 aromatic rings. The monoisotopic (exact) mass is 297 g/mol. The summed E-state index contributed by atoms with van der Waals surface area (Å²) in [5, 5.41) is 19.9. The van der Waals surface area contributed by atoms with Crippen molar-refractivity contribution >= 4 is 28.9 Å². The molecule has 20 heavy (non-hydrogen) atoms. The quantitative estimate of drug-likeness (QED) is 0.525. The lowest BCUT2D eigenvalue weighted by Gasteiger charge is -2.16. The average molecular weight is 297 g/mol. The van der Waals surface area contributed by atoms with Crippen LogP contribution in [0.15, 0.2) is 11.4 Å². The van der Waals surface area contributed by atoms with Gasteiger partial charge >= 0.3 is 0 Å². The number of rotatable bonds is 3. The first-order valence-corrected chi connectivity index (χ1v) is 7.35. The summed E-state index contributed by atoms with van der Waals surface area (Å²) < 4.78 is 7.24. The van der Waals surface area contributed by atoms with Crippen LogP contribution >= 0.6 is 11.8 Å². The van der Waals surface area contributed by atoms with E-state index in [0.29, 0.717) is 22.6 Å². The molecule has 9 heteroatoms. The SMILES string of the molecule is CSc1nc(N)nc2c1ncn2[C@@H]1O[C@H](CO)C[C@H]1O. The molecule has 0 bridgehead atoms. The summed E-state index contributed by atoms with van der Waals surface area (Å²) in [6, 6.07) is 0. The highest BCUT2D eigenvalue weighted by Crippen LogP contribution is 2.32. The fourth-order valence-corrected chi connectivity index (χ4v) is 2.86. The summed E-state index contributed by atoms with van der Waals surface area (Å²) in [6.45, 7) is -0.132. The van der Waals surface area contributed by atoms with Crippen LogP contribution in [0.2, 0.25) is 0 Å². The number of nitrogens with zero attached hydrogens (tertiary/aromatic N) is 4. The molecule has 1 aliphatic heterocycles. The maximum absolute atomic E-state index is 10.1. The van der Waals surface area contributed by atoms with Gasteiger partial charge in [0.1, 0.15) is 16.6 Å². The number of aliphatic hydroxyl groups is 2. The van der Waals surface area contributed by atoms with E-state index < -0.39 is 12.3 Å². The smallest absolute Gasteiger partial charge is 0.223 e. The van der Waals surface area contributed by atoms with Crippen LogP contribution in [0.3, 0.4) is 0 Å². The number of imidazole rings is 1. The molecule has 0 aliphatic carbocycles. The lowest BCUT2D eigenvalue weighted by atomic mass is 10.2. The molecule has 0 saturated carbocycles. The summed E-state index contributed by atoms with van der Waals surface area (Å²) in [4.78, 5) is 12.6. The Morgan fingerprint density at radius 2 is 2.35 bits per heavy atom. The predicted molar refractivity (Wildman–Crippen MR) is 73.1 cm³/mol. The van der Waals surface area contributed by atoms with E-state index in [0.717, 1.165) is 0 Å². The van der Waals surface area contributed by atoms with Gasteiger partial charge in [0.2, 0.25) is 5.95 Å². The van der Waals surface area contributed by atoms with Gasteiger partial charge in [-0.1, -0.05) is 0 Å². The molecule has 1 aliphatic rings. The highest BCUT2D eigenvalue weighted by atomic mass is 32.2. The van der Waals surface area contributed by atoms with Crippen LogP contribution in [0.1, 0.15) is 12.6 Å². The van der Waals surface area contributed by atoms with Crippen LogP contribution in [0.5, 0.6) is 0 Å². The Labute approximate surface area is 119 Å². The number of anilines is 1. The average Bonchev–Trinajstić information content (AvgIpc) is 3.00. The normalized spacial score (nSPS) is 26.4. The first-order valence-electron chi connectivity index (χ1n) is 6.12. The molecule has 1 fully saturated rings. The predicted octanol–water partition coefficient (Wildman–Crippen LogP) is -0.229. The van der Waals surface area contributed by atoms with Crippen molar-refractivity contribution in [2.45, 2.75) is 29.9 Å². The van der Waals surface area contributed by atoms with Gasteiger partial charge in [0.25, 0.3) is 0 Å². The Hall–Kier alpha value is -1.42. The number of thioether (sulfide) groups is 1. The van der Waals surface area contributed by atoms with Gasteiger partial charge < -0.3 is 20.7 Å². The minimum Gasteiger partial charge on any atom is -0.394 e. The second-order valence-electron chi connectivity index (χ2n) is 4.55. The maximum Gasteiger partial charge on any atom is 0.223 e. The van der Waals surface area contributed by atoms with Crippen molar-refractivity contribution in [2.75, 3.05) is 18.6 Å². The van der Waals surface area contributed by atoms with E-state index in [4.69, 9.17) is 15.6 Å². The Morgan fingerprint density at radius 1 is 1.55 bits per heavy atom. The second-order valence-corrected chi connectivity index (χ2v) is 5.34. The second kappa shape index (κ2) is 5.17. The first kappa shape index (κ1) is 13.6. The number of nitrogen functional groups attached to an aromatic ring is 1. The van der Waals surface area contributed by atoms with E-state index in [1.165, 1.54) is 11.8 Å². The minimum absolute atomic E-state index is 0.132. The molecule has 8 nitrogen and oxygen atoms in total. The molecule has 0 spiro atoms. The number of hydrogen-bond donors (Lipinski definition) is 3. The molecule has 4 N–H and O–H groups in total. The van der Waals surface area contributed by atoms with Gasteiger partial charge in [-0.3, -0.25) is 4.57 Å². The van der Waals surface area contributed by atoms with Crippen molar-refractivity contribution in [2.24, 2.45) is 0 Å². The number of nitrogens with two attached hydrogens (primary N) is 1. The molecule has 0 amide bonds. The van der Waals surface area contributed by atoms with E-state index in [1.807, 2.05) is 6.26 Å². The molecule has 3 heterocycles. The minimum atomic E-state index is -0.724. The molecule has 3 rings (SSSR count). The Kier molecular flexibility index (Phi) is 3.50. The van der Waals surface area contributed by atoms with E-state index in [2.05, 4.69) is 15.0 Å². The standard InChI is InChI=1S/C11H15N5O3S/c1-20-9-7-8(14-11(12)15-9)16(4-13-7)10-6(18)2-5(3-17)19-10/h4-6,10,17-18H,2-3H2,1H3,(H2,12,14,15)/t5-,6+,10+/m0/s1. The Morgan fingerprint density at radius 3 is 3.00 bits per heavy atom. The molecule has 108 valence electrons. The number of ether oxygens (including phenoxy) is 1. The molecule has 0 unspecified atom stereocenters. The number of aliphatic hydroxyl groups excluding tert-OH is 2. The van der Waals surface area contributed by atoms with Crippen LogP contribution < -0.4 is 5.73 Å². The Bertz CT molecular complexity index is 634. The van der Waals surface area contributed by atoms with E-state index >= 15 is 0 Å². The molecule has 1 saturated heterocycles. The zero-order valence-corrected chi connectivity index (χ0v) is 11.6. The zero-order chi connectivity index (χ0) is 14.3. The lowest BCUT2D eigenvalue weighted by Crippen LogP contribution is -2.19. The van der Waals surface area contributed by atoms with Crippen LogP contribution in [0, 0.1) is 0 Å². The van der Waals surface area contributed by atoms with Crippen molar-refractivity contribution in [1.82, 2.24) is 19.5 Å². The zero-order valence-electron chi connectivity index (χ0n) is 10.8. The third-order valence-electron chi connectivity index (χ3n) is 3.24. The fourth-order valence-electron chi connectivity index (χ4n) is 2.33. The van der Waals surface area contributed by atoms with Crippen LogP contribution in [-0.2, 0) is 4.74 Å². The summed E-state index contributed by atoms with van der Waals surface area (Å²) in [7, 11) is 0. The topological polar surface area (TPSA) is 119 Å². The molecule has 0 aromatic carbocycles. The third-order valence-corrected chi connectivity index (χ3v) is 3.91. The number of hydrogen-bond acceptors (Lipinski definition) is 8. The van der Waals surface area contributed by atoms with Gasteiger partial charge in [-0.15, -0.1) is 11.8 Å².